The first-order valence-corrected chi connectivity index (χ1v) is 5.81. The predicted octanol–water partition coefficient (Wildman–Crippen LogP) is 3.58. The Morgan fingerprint density at radius 3 is 2.41 bits per heavy atom. The highest BCUT2D eigenvalue weighted by atomic mass is 19.4. The van der Waals surface area contributed by atoms with Crippen LogP contribution >= 0.6 is 0 Å². The smallest absolute Gasteiger partial charge is 0.396 e. The van der Waals surface area contributed by atoms with Gasteiger partial charge in [-0.15, -0.1) is 0 Å². The standard InChI is InChI=1S/C13H15F3O/c14-13(15,16)12-4-2-1-3-11(12)10(7-8-17)9-5-6-9/h1-4,9-10,17H,5-8H2. The van der Waals surface area contributed by atoms with Crippen LogP contribution in [-0.4, -0.2) is 11.7 Å². The van der Waals surface area contributed by atoms with Crippen LogP contribution in [0.15, 0.2) is 24.3 Å². The second-order valence-corrected chi connectivity index (χ2v) is 4.54. The van der Waals surface area contributed by atoms with Gasteiger partial charge in [-0.1, -0.05) is 18.2 Å². The van der Waals surface area contributed by atoms with E-state index in [1.54, 1.807) is 12.1 Å². The minimum absolute atomic E-state index is 0.0621. The fourth-order valence-corrected chi connectivity index (χ4v) is 2.36. The summed E-state index contributed by atoms with van der Waals surface area (Å²) in [6, 6.07) is 5.72. The van der Waals surface area contributed by atoms with Crippen LogP contribution in [0.3, 0.4) is 0 Å². The van der Waals surface area contributed by atoms with Gasteiger partial charge in [0.2, 0.25) is 0 Å². The maximum Gasteiger partial charge on any atom is 0.416 e. The van der Waals surface area contributed by atoms with E-state index in [0.717, 1.165) is 18.9 Å². The van der Waals surface area contributed by atoms with Gasteiger partial charge in [-0.3, -0.25) is 0 Å². The van der Waals surface area contributed by atoms with Crippen molar-refractivity contribution in [1.29, 1.82) is 0 Å². The number of rotatable bonds is 4. The second kappa shape index (κ2) is 4.69. The molecular formula is C13H15F3O. The van der Waals surface area contributed by atoms with Gasteiger partial charge in [-0.25, -0.2) is 0 Å². The molecule has 1 nitrogen and oxygen atoms in total. The summed E-state index contributed by atoms with van der Waals surface area (Å²) in [5, 5.41) is 8.99. The zero-order chi connectivity index (χ0) is 12.5. The van der Waals surface area contributed by atoms with Gasteiger partial charge in [-0.05, 0) is 42.7 Å². The molecule has 1 aliphatic carbocycles. The highest BCUT2D eigenvalue weighted by Gasteiger charge is 2.39. The molecule has 1 aromatic carbocycles. The minimum atomic E-state index is -4.31. The minimum Gasteiger partial charge on any atom is -0.396 e. The van der Waals surface area contributed by atoms with E-state index in [4.69, 9.17) is 5.11 Å². The van der Waals surface area contributed by atoms with Crippen molar-refractivity contribution in [2.24, 2.45) is 5.92 Å². The Morgan fingerprint density at radius 2 is 1.88 bits per heavy atom. The average Bonchev–Trinajstić information content (AvgIpc) is 3.08. The van der Waals surface area contributed by atoms with E-state index in [9.17, 15) is 13.2 Å². The van der Waals surface area contributed by atoms with E-state index >= 15 is 0 Å². The predicted molar refractivity (Wildman–Crippen MR) is 58.6 cm³/mol. The van der Waals surface area contributed by atoms with Gasteiger partial charge in [0.1, 0.15) is 0 Å². The third kappa shape index (κ3) is 2.80. The van der Waals surface area contributed by atoms with Gasteiger partial charge in [0.15, 0.2) is 0 Å². The number of aliphatic hydroxyl groups is 1. The van der Waals surface area contributed by atoms with E-state index < -0.39 is 11.7 Å². The molecule has 94 valence electrons. The Morgan fingerprint density at radius 1 is 1.24 bits per heavy atom. The van der Waals surface area contributed by atoms with E-state index in [2.05, 4.69) is 0 Å². The normalized spacial score (nSPS) is 18.1. The van der Waals surface area contributed by atoms with Crippen molar-refractivity contribution in [1.82, 2.24) is 0 Å². The maximum atomic E-state index is 12.9. The average molecular weight is 244 g/mol. The van der Waals surface area contributed by atoms with Crippen molar-refractivity contribution >= 4 is 0 Å². The quantitative estimate of drug-likeness (QED) is 0.858. The molecule has 0 amide bonds. The summed E-state index contributed by atoms with van der Waals surface area (Å²) in [4.78, 5) is 0. The lowest BCUT2D eigenvalue weighted by molar-refractivity contribution is -0.138. The summed E-state index contributed by atoms with van der Waals surface area (Å²) in [5.74, 6) is 0.156. The number of hydrogen-bond acceptors (Lipinski definition) is 1. The lowest BCUT2D eigenvalue weighted by Gasteiger charge is -2.20. The summed E-state index contributed by atoms with van der Waals surface area (Å²) < 4.78 is 38.6. The van der Waals surface area contributed by atoms with Crippen molar-refractivity contribution in [3.63, 3.8) is 0 Å². The Balaban J connectivity index is 2.35. The SMILES string of the molecule is OCCC(c1ccccc1C(F)(F)F)C1CC1. The van der Waals surface area contributed by atoms with Gasteiger partial charge in [0, 0.05) is 6.61 Å². The zero-order valence-electron chi connectivity index (χ0n) is 9.37. The fourth-order valence-electron chi connectivity index (χ4n) is 2.36. The van der Waals surface area contributed by atoms with Crippen molar-refractivity contribution in [2.75, 3.05) is 6.61 Å². The molecule has 1 fully saturated rings. The van der Waals surface area contributed by atoms with E-state index in [1.165, 1.54) is 6.07 Å². The van der Waals surface area contributed by atoms with Crippen LogP contribution in [-0.2, 0) is 6.18 Å². The monoisotopic (exact) mass is 244 g/mol. The van der Waals surface area contributed by atoms with E-state index in [-0.39, 0.29) is 12.5 Å². The van der Waals surface area contributed by atoms with Crippen molar-refractivity contribution < 1.29 is 18.3 Å². The van der Waals surface area contributed by atoms with Crippen LogP contribution in [0.1, 0.15) is 36.3 Å². The molecule has 0 bridgehead atoms. The Kier molecular flexibility index (Phi) is 3.43. The van der Waals surface area contributed by atoms with E-state index in [0.29, 0.717) is 17.9 Å². The lowest BCUT2D eigenvalue weighted by Crippen LogP contribution is -2.14. The first-order chi connectivity index (χ1) is 8.04. The summed E-state index contributed by atoms with van der Waals surface area (Å²) in [7, 11) is 0. The van der Waals surface area contributed by atoms with Crippen LogP contribution in [0.5, 0.6) is 0 Å². The van der Waals surface area contributed by atoms with Crippen molar-refractivity contribution in [3.05, 3.63) is 35.4 Å². The Bertz CT molecular complexity index is 382. The molecule has 1 N–H and O–H groups in total. The number of halogens is 3. The van der Waals surface area contributed by atoms with E-state index in [1.807, 2.05) is 0 Å². The Hall–Kier alpha value is -1.03. The van der Waals surface area contributed by atoms with Crippen molar-refractivity contribution in [3.8, 4) is 0 Å². The van der Waals surface area contributed by atoms with Gasteiger partial charge in [0.25, 0.3) is 0 Å². The maximum absolute atomic E-state index is 12.9. The van der Waals surface area contributed by atoms with Gasteiger partial charge in [-0.2, -0.15) is 13.2 Å². The van der Waals surface area contributed by atoms with Gasteiger partial charge < -0.3 is 5.11 Å². The molecule has 1 unspecified atom stereocenters. The molecule has 0 saturated heterocycles. The first kappa shape index (κ1) is 12.4. The van der Waals surface area contributed by atoms with Crippen LogP contribution in [0.2, 0.25) is 0 Å². The lowest BCUT2D eigenvalue weighted by atomic mass is 9.87. The Labute approximate surface area is 98.3 Å². The molecule has 0 radical (unpaired) electrons. The zero-order valence-corrected chi connectivity index (χ0v) is 9.37. The molecule has 0 aromatic heterocycles. The molecular weight excluding hydrogens is 229 g/mol. The molecule has 0 spiro atoms. The second-order valence-electron chi connectivity index (χ2n) is 4.54. The third-order valence-electron chi connectivity index (χ3n) is 3.30. The van der Waals surface area contributed by atoms with Crippen LogP contribution in [0.4, 0.5) is 13.2 Å². The summed E-state index contributed by atoms with van der Waals surface area (Å²) >= 11 is 0. The summed E-state index contributed by atoms with van der Waals surface area (Å²) in [6.07, 6.45) is -1.95. The molecule has 1 saturated carbocycles. The number of alkyl halides is 3. The summed E-state index contributed by atoms with van der Waals surface area (Å²) in [5.41, 5.74) is -0.207. The molecule has 1 aromatic rings. The molecule has 0 heterocycles. The van der Waals surface area contributed by atoms with Gasteiger partial charge in [0.05, 0.1) is 5.56 Å². The van der Waals surface area contributed by atoms with Crippen LogP contribution in [0, 0.1) is 5.92 Å². The number of benzene rings is 1. The van der Waals surface area contributed by atoms with Crippen LogP contribution in [0.25, 0.3) is 0 Å². The molecule has 0 aliphatic heterocycles. The number of hydrogen-bond donors (Lipinski definition) is 1. The molecule has 1 aliphatic rings. The molecule has 1 atom stereocenters. The highest BCUT2D eigenvalue weighted by molar-refractivity contribution is 5.34. The largest absolute Gasteiger partial charge is 0.416 e. The number of aliphatic hydroxyl groups excluding tert-OH is 1. The topological polar surface area (TPSA) is 20.2 Å². The molecule has 17 heavy (non-hydrogen) atoms. The first-order valence-electron chi connectivity index (χ1n) is 5.81. The van der Waals surface area contributed by atoms with Crippen LogP contribution < -0.4 is 0 Å². The van der Waals surface area contributed by atoms with Gasteiger partial charge >= 0.3 is 6.18 Å². The highest BCUT2D eigenvalue weighted by Crippen LogP contribution is 2.47. The van der Waals surface area contributed by atoms with Crippen molar-refractivity contribution in [2.45, 2.75) is 31.4 Å². The fraction of sp³-hybridized carbons (Fsp3) is 0.538. The molecule has 2 rings (SSSR count). The third-order valence-corrected chi connectivity index (χ3v) is 3.30. The summed E-state index contributed by atoms with van der Waals surface area (Å²) in [6.45, 7) is -0.0621. The molecule has 4 heteroatoms.